The van der Waals surface area contributed by atoms with Crippen molar-refractivity contribution in [2.24, 2.45) is 0 Å². The fraction of sp³-hybridized carbons (Fsp3) is 0. The van der Waals surface area contributed by atoms with Crippen LogP contribution in [0.4, 0.5) is 0 Å². The zero-order chi connectivity index (χ0) is 14.1. The molecular weight excluding hydrogens is 274 g/mol. The van der Waals surface area contributed by atoms with Gasteiger partial charge in [-0.1, -0.05) is 66.7 Å². The fourth-order valence-corrected chi connectivity index (χ4v) is 3.41. The first-order valence-electron chi connectivity index (χ1n) is 6.89. The minimum absolute atomic E-state index is 1.21. The van der Waals surface area contributed by atoms with Gasteiger partial charge in [0.1, 0.15) is 0 Å². The van der Waals surface area contributed by atoms with E-state index in [-0.39, 0.29) is 0 Å². The second-order valence-corrected chi connectivity index (χ2v) is 5.83. The standard InChI is InChI=1S/C19H13NS/c1-2-6-14(7-3-1)16-10-4-8-15-9-5-11-17(19(15)16)18-12-20-13-21-18/h1-13H. The smallest absolute Gasteiger partial charge is 0.0797 e. The third kappa shape index (κ3) is 2.14. The molecule has 100 valence electrons. The maximum absolute atomic E-state index is 4.23. The number of nitrogens with zero attached hydrogens (tertiary/aromatic N) is 1. The molecule has 3 aromatic carbocycles. The summed E-state index contributed by atoms with van der Waals surface area (Å²) in [6.45, 7) is 0. The molecule has 0 N–H and O–H groups in total. The van der Waals surface area contributed by atoms with Crippen LogP contribution in [0, 0.1) is 0 Å². The highest BCUT2D eigenvalue weighted by atomic mass is 32.1. The molecule has 0 atom stereocenters. The summed E-state index contributed by atoms with van der Waals surface area (Å²) >= 11 is 1.68. The molecule has 4 aromatic rings. The molecule has 1 aromatic heterocycles. The van der Waals surface area contributed by atoms with Crippen LogP contribution in [0.2, 0.25) is 0 Å². The van der Waals surface area contributed by atoms with E-state index in [1.807, 2.05) is 11.7 Å². The van der Waals surface area contributed by atoms with Crippen LogP contribution in [0.1, 0.15) is 0 Å². The van der Waals surface area contributed by atoms with Crippen molar-refractivity contribution < 1.29 is 0 Å². The lowest BCUT2D eigenvalue weighted by Gasteiger charge is -2.11. The highest BCUT2D eigenvalue weighted by Crippen LogP contribution is 2.37. The first-order chi connectivity index (χ1) is 10.4. The molecule has 0 aliphatic rings. The minimum atomic E-state index is 1.21. The molecule has 0 unspecified atom stereocenters. The zero-order valence-corrected chi connectivity index (χ0v) is 12.2. The van der Waals surface area contributed by atoms with Gasteiger partial charge in [0.15, 0.2) is 0 Å². The molecule has 0 spiro atoms. The van der Waals surface area contributed by atoms with E-state index >= 15 is 0 Å². The Kier molecular flexibility index (Phi) is 3.02. The van der Waals surface area contributed by atoms with E-state index in [2.05, 4.69) is 71.7 Å². The molecule has 2 heteroatoms. The number of benzene rings is 3. The van der Waals surface area contributed by atoms with Gasteiger partial charge in [-0.15, -0.1) is 11.3 Å². The summed E-state index contributed by atoms with van der Waals surface area (Å²) in [7, 11) is 0. The Labute approximate surface area is 127 Å². The van der Waals surface area contributed by atoms with Crippen molar-refractivity contribution in [1.29, 1.82) is 0 Å². The highest BCUT2D eigenvalue weighted by molar-refractivity contribution is 7.13. The molecule has 4 rings (SSSR count). The van der Waals surface area contributed by atoms with Gasteiger partial charge in [0.05, 0.1) is 10.4 Å². The van der Waals surface area contributed by atoms with Crippen LogP contribution in [0.3, 0.4) is 0 Å². The van der Waals surface area contributed by atoms with Gasteiger partial charge >= 0.3 is 0 Å². The van der Waals surface area contributed by atoms with Crippen LogP contribution in [0.25, 0.3) is 32.3 Å². The first kappa shape index (κ1) is 12.3. The van der Waals surface area contributed by atoms with Crippen LogP contribution in [-0.4, -0.2) is 4.98 Å². The van der Waals surface area contributed by atoms with Crippen molar-refractivity contribution in [3.8, 4) is 21.6 Å². The zero-order valence-electron chi connectivity index (χ0n) is 11.4. The lowest BCUT2D eigenvalue weighted by molar-refractivity contribution is 1.43. The predicted molar refractivity (Wildman–Crippen MR) is 90.5 cm³/mol. The van der Waals surface area contributed by atoms with E-state index in [0.29, 0.717) is 0 Å². The van der Waals surface area contributed by atoms with Crippen LogP contribution in [0.15, 0.2) is 78.4 Å². The van der Waals surface area contributed by atoms with Crippen LogP contribution >= 0.6 is 11.3 Å². The molecule has 1 heterocycles. The summed E-state index contributed by atoms with van der Waals surface area (Å²) in [5.74, 6) is 0. The summed E-state index contributed by atoms with van der Waals surface area (Å²) in [6, 6.07) is 23.5. The van der Waals surface area contributed by atoms with Crippen molar-refractivity contribution in [2.45, 2.75) is 0 Å². The normalized spacial score (nSPS) is 10.9. The fourth-order valence-electron chi connectivity index (χ4n) is 2.75. The third-order valence-electron chi connectivity index (χ3n) is 3.69. The number of thiazole rings is 1. The van der Waals surface area contributed by atoms with Gasteiger partial charge in [-0.3, -0.25) is 4.98 Å². The Morgan fingerprint density at radius 3 is 2.19 bits per heavy atom. The molecule has 0 saturated carbocycles. The largest absolute Gasteiger partial charge is 0.252 e. The van der Waals surface area contributed by atoms with Crippen LogP contribution < -0.4 is 0 Å². The van der Waals surface area contributed by atoms with E-state index in [0.717, 1.165) is 0 Å². The lowest BCUT2D eigenvalue weighted by Crippen LogP contribution is -1.84. The molecule has 0 saturated heterocycles. The Morgan fingerprint density at radius 1 is 0.714 bits per heavy atom. The summed E-state index contributed by atoms with van der Waals surface area (Å²) in [5.41, 5.74) is 5.67. The van der Waals surface area contributed by atoms with Crippen molar-refractivity contribution in [3.05, 3.63) is 78.4 Å². The third-order valence-corrected chi connectivity index (χ3v) is 4.49. The molecule has 0 aliphatic heterocycles. The van der Waals surface area contributed by atoms with Crippen molar-refractivity contribution >= 4 is 22.1 Å². The van der Waals surface area contributed by atoms with E-state index in [9.17, 15) is 0 Å². The van der Waals surface area contributed by atoms with Gasteiger partial charge < -0.3 is 0 Å². The number of hydrogen-bond donors (Lipinski definition) is 0. The van der Waals surface area contributed by atoms with Gasteiger partial charge in [-0.25, -0.2) is 0 Å². The molecule has 1 nitrogen and oxygen atoms in total. The minimum Gasteiger partial charge on any atom is -0.252 e. The summed E-state index contributed by atoms with van der Waals surface area (Å²) < 4.78 is 0. The molecule has 0 fully saturated rings. The average Bonchev–Trinajstić information content (AvgIpc) is 3.09. The lowest BCUT2D eigenvalue weighted by atomic mass is 9.94. The molecule has 0 amide bonds. The average molecular weight is 287 g/mol. The van der Waals surface area contributed by atoms with E-state index in [4.69, 9.17) is 0 Å². The topological polar surface area (TPSA) is 12.9 Å². The molecular formula is C19H13NS. The summed E-state index contributed by atoms with van der Waals surface area (Å²) in [6.07, 6.45) is 1.95. The molecule has 0 bridgehead atoms. The maximum atomic E-state index is 4.23. The quantitative estimate of drug-likeness (QED) is 0.465. The van der Waals surface area contributed by atoms with Gasteiger partial charge in [-0.05, 0) is 21.9 Å². The monoisotopic (exact) mass is 287 g/mol. The van der Waals surface area contributed by atoms with Gasteiger partial charge in [0, 0.05) is 11.8 Å². The second kappa shape index (κ2) is 5.15. The van der Waals surface area contributed by atoms with Crippen molar-refractivity contribution in [1.82, 2.24) is 4.98 Å². The predicted octanol–water partition coefficient (Wildman–Crippen LogP) is 5.63. The molecule has 0 radical (unpaired) electrons. The van der Waals surface area contributed by atoms with E-state index in [1.54, 1.807) is 11.3 Å². The van der Waals surface area contributed by atoms with Crippen molar-refractivity contribution in [3.63, 3.8) is 0 Å². The number of hydrogen-bond acceptors (Lipinski definition) is 2. The molecule has 21 heavy (non-hydrogen) atoms. The maximum Gasteiger partial charge on any atom is 0.0797 e. The summed E-state index contributed by atoms with van der Waals surface area (Å²) in [4.78, 5) is 5.44. The van der Waals surface area contributed by atoms with Crippen molar-refractivity contribution in [2.75, 3.05) is 0 Å². The summed E-state index contributed by atoms with van der Waals surface area (Å²) in [5, 5.41) is 2.57. The van der Waals surface area contributed by atoms with E-state index in [1.165, 1.54) is 32.3 Å². The van der Waals surface area contributed by atoms with E-state index < -0.39 is 0 Å². The second-order valence-electron chi connectivity index (χ2n) is 4.94. The number of aromatic nitrogens is 1. The Bertz CT molecular complexity index is 875. The highest BCUT2D eigenvalue weighted by Gasteiger charge is 2.10. The van der Waals surface area contributed by atoms with Gasteiger partial charge in [0.25, 0.3) is 0 Å². The van der Waals surface area contributed by atoms with Gasteiger partial charge in [-0.2, -0.15) is 0 Å². The Morgan fingerprint density at radius 2 is 1.48 bits per heavy atom. The number of rotatable bonds is 2. The number of fused-ring (bicyclic) bond motifs is 1. The van der Waals surface area contributed by atoms with Gasteiger partial charge in [0.2, 0.25) is 0 Å². The Hall–Kier alpha value is -2.45. The van der Waals surface area contributed by atoms with Crippen LogP contribution in [0.5, 0.6) is 0 Å². The first-order valence-corrected chi connectivity index (χ1v) is 7.77. The SMILES string of the molecule is c1ccc(-c2cccc3cccc(-c4cncs4)c23)cc1. The molecule has 0 aliphatic carbocycles. The Balaban J connectivity index is 2.09. The van der Waals surface area contributed by atoms with Crippen LogP contribution in [-0.2, 0) is 0 Å².